The van der Waals surface area contributed by atoms with Gasteiger partial charge in [-0.05, 0) is 44.5 Å². The lowest BCUT2D eigenvalue weighted by atomic mass is 10.1. The van der Waals surface area contributed by atoms with Crippen LogP contribution in [0, 0.1) is 0 Å². The van der Waals surface area contributed by atoms with Crippen molar-refractivity contribution in [3.05, 3.63) is 65.2 Å². The molecule has 2 aromatic rings. The Hall–Kier alpha value is -1.51. The van der Waals surface area contributed by atoms with Crippen molar-refractivity contribution in [2.24, 2.45) is 0 Å². The maximum absolute atomic E-state index is 6.11. The van der Waals surface area contributed by atoms with Crippen LogP contribution in [0.25, 0.3) is 0 Å². The van der Waals surface area contributed by atoms with Gasteiger partial charge in [-0.25, -0.2) is 0 Å². The highest BCUT2D eigenvalue weighted by molar-refractivity contribution is 6.30. The molecular formula is C19H24ClNO. The standard InChI is InChI=1S/C19H24ClNO/c1-4-21(19-12-8-11-18(20)13-19)15(2)16(3)22-14-17-9-6-5-7-10-17/h5-13,15-16H,4,14H2,1-3H3. The fraction of sp³-hybridized carbons (Fsp3) is 0.368. The van der Waals surface area contributed by atoms with Crippen LogP contribution in [0.5, 0.6) is 0 Å². The van der Waals surface area contributed by atoms with Gasteiger partial charge in [0.25, 0.3) is 0 Å². The van der Waals surface area contributed by atoms with Crippen LogP contribution in [0.3, 0.4) is 0 Å². The second kappa shape index (κ2) is 8.21. The number of likely N-dealkylation sites (N-methyl/N-ethyl adjacent to an activating group) is 1. The van der Waals surface area contributed by atoms with E-state index in [9.17, 15) is 0 Å². The molecule has 0 fully saturated rings. The topological polar surface area (TPSA) is 12.5 Å². The average Bonchev–Trinajstić information content (AvgIpc) is 2.54. The van der Waals surface area contributed by atoms with E-state index in [4.69, 9.17) is 16.3 Å². The minimum absolute atomic E-state index is 0.124. The van der Waals surface area contributed by atoms with E-state index >= 15 is 0 Å². The zero-order chi connectivity index (χ0) is 15.9. The van der Waals surface area contributed by atoms with Gasteiger partial charge in [0, 0.05) is 17.3 Å². The van der Waals surface area contributed by atoms with Crippen molar-refractivity contribution in [2.45, 2.75) is 39.5 Å². The molecule has 2 nitrogen and oxygen atoms in total. The first kappa shape index (κ1) is 16.9. The van der Waals surface area contributed by atoms with E-state index in [1.54, 1.807) is 0 Å². The molecule has 0 radical (unpaired) electrons. The molecule has 0 spiro atoms. The van der Waals surface area contributed by atoms with Gasteiger partial charge in [-0.2, -0.15) is 0 Å². The Morgan fingerprint density at radius 3 is 2.41 bits per heavy atom. The summed E-state index contributed by atoms with van der Waals surface area (Å²) >= 11 is 6.11. The molecule has 0 aliphatic rings. The molecule has 22 heavy (non-hydrogen) atoms. The van der Waals surface area contributed by atoms with Crippen molar-refractivity contribution in [2.75, 3.05) is 11.4 Å². The van der Waals surface area contributed by atoms with Gasteiger partial charge in [0.1, 0.15) is 0 Å². The van der Waals surface area contributed by atoms with Crippen LogP contribution < -0.4 is 4.90 Å². The van der Waals surface area contributed by atoms with Crippen molar-refractivity contribution in [1.29, 1.82) is 0 Å². The highest BCUT2D eigenvalue weighted by atomic mass is 35.5. The van der Waals surface area contributed by atoms with E-state index in [-0.39, 0.29) is 12.1 Å². The van der Waals surface area contributed by atoms with Gasteiger partial charge < -0.3 is 9.64 Å². The molecule has 0 aromatic heterocycles. The summed E-state index contributed by atoms with van der Waals surface area (Å²) in [7, 11) is 0. The Morgan fingerprint density at radius 1 is 1.05 bits per heavy atom. The summed E-state index contributed by atoms with van der Waals surface area (Å²) in [6.07, 6.45) is 0.124. The van der Waals surface area contributed by atoms with Gasteiger partial charge in [0.15, 0.2) is 0 Å². The minimum Gasteiger partial charge on any atom is -0.372 e. The van der Waals surface area contributed by atoms with Crippen molar-refractivity contribution in [3.8, 4) is 0 Å². The molecule has 0 saturated heterocycles. The van der Waals surface area contributed by atoms with Gasteiger partial charge in [0.2, 0.25) is 0 Å². The first-order chi connectivity index (χ1) is 10.6. The molecule has 0 N–H and O–H groups in total. The summed E-state index contributed by atoms with van der Waals surface area (Å²) in [5.74, 6) is 0. The van der Waals surface area contributed by atoms with Gasteiger partial charge >= 0.3 is 0 Å². The SMILES string of the molecule is CCN(c1cccc(Cl)c1)C(C)C(C)OCc1ccccc1. The Morgan fingerprint density at radius 2 is 1.77 bits per heavy atom. The predicted molar refractivity (Wildman–Crippen MR) is 94.6 cm³/mol. The van der Waals surface area contributed by atoms with E-state index in [1.165, 1.54) is 5.56 Å². The first-order valence-electron chi connectivity index (χ1n) is 7.79. The molecule has 0 heterocycles. The third-order valence-electron chi connectivity index (χ3n) is 4.01. The van der Waals surface area contributed by atoms with E-state index in [1.807, 2.05) is 36.4 Å². The van der Waals surface area contributed by atoms with Crippen LogP contribution in [0.2, 0.25) is 5.02 Å². The molecule has 0 aliphatic heterocycles. The van der Waals surface area contributed by atoms with E-state index in [2.05, 4.69) is 43.9 Å². The Kier molecular flexibility index (Phi) is 6.29. The van der Waals surface area contributed by atoms with E-state index in [0.29, 0.717) is 6.61 Å². The predicted octanol–water partition coefficient (Wildman–Crippen LogP) is 5.16. The zero-order valence-corrected chi connectivity index (χ0v) is 14.3. The molecule has 0 aliphatic carbocycles. The summed E-state index contributed by atoms with van der Waals surface area (Å²) < 4.78 is 6.05. The Balaban J connectivity index is 2.00. The molecule has 2 rings (SSSR count). The number of anilines is 1. The summed E-state index contributed by atoms with van der Waals surface area (Å²) in [6.45, 7) is 8.03. The summed E-state index contributed by atoms with van der Waals surface area (Å²) in [5, 5.41) is 0.765. The van der Waals surface area contributed by atoms with Gasteiger partial charge in [-0.1, -0.05) is 48.0 Å². The van der Waals surface area contributed by atoms with Crippen LogP contribution in [0.1, 0.15) is 26.3 Å². The van der Waals surface area contributed by atoms with Crippen LogP contribution in [0.4, 0.5) is 5.69 Å². The lowest BCUT2D eigenvalue weighted by Gasteiger charge is -2.34. The minimum atomic E-state index is 0.124. The monoisotopic (exact) mass is 317 g/mol. The second-order valence-corrected chi connectivity index (χ2v) is 5.94. The molecule has 3 heteroatoms. The number of hydrogen-bond acceptors (Lipinski definition) is 2. The van der Waals surface area contributed by atoms with Crippen LogP contribution >= 0.6 is 11.6 Å². The maximum atomic E-state index is 6.11. The lowest BCUT2D eigenvalue weighted by Crippen LogP contribution is -2.41. The summed E-state index contributed by atoms with van der Waals surface area (Å²) in [6, 6.07) is 18.5. The van der Waals surface area contributed by atoms with Crippen LogP contribution in [-0.4, -0.2) is 18.7 Å². The molecule has 0 amide bonds. The van der Waals surface area contributed by atoms with E-state index in [0.717, 1.165) is 17.3 Å². The van der Waals surface area contributed by atoms with Crippen molar-refractivity contribution >= 4 is 17.3 Å². The number of halogens is 1. The number of ether oxygens (including phenoxy) is 1. The van der Waals surface area contributed by atoms with E-state index < -0.39 is 0 Å². The fourth-order valence-electron chi connectivity index (χ4n) is 2.56. The average molecular weight is 318 g/mol. The van der Waals surface area contributed by atoms with Gasteiger partial charge in [-0.15, -0.1) is 0 Å². The zero-order valence-electron chi connectivity index (χ0n) is 13.5. The van der Waals surface area contributed by atoms with Crippen molar-refractivity contribution < 1.29 is 4.74 Å². The largest absolute Gasteiger partial charge is 0.372 e. The summed E-state index contributed by atoms with van der Waals surface area (Å²) in [4.78, 5) is 2.32. The van der Waals surface area contributed by atoms with Crippen molar-refractivity contribution in [1.82, 2.24) is 0 Å². The lowest BCUT2D eigenvalue weighted by molar-refractivity contribution is 0.0380. The smallest absolute Gasteiger partial charge is 0.0751 e. The molecule has 2 atom stereocenters. The normalized spacial score (nSPS) is 13.6. The molecule has 0 saturated carbocycles. The highest BCUT2D eigenvalue weighted by Gasteiger charge is 2.20. The van der Waals surface area contributed by atoms with Gasteiger partial charge in [0.05, 0.1) is 18.8 Å². The molecule has 2 aromatic carbocycles. The van der Waals surface area contributed by atoms with Crippen LogP contribution in [-0.2, 0) is 11.3 Å². The van der Waals surface area contributed by atoms with Crippen molar-refractivity contribution in [3.63, 3.8) is 0 Å². The fourth-order valence-corrected chi connectivity index (χ4v) is 2.74. The summed E-state index contributed by atoms with van der Waals surface area (Å²) in [5.41, 5.74) is 2.34. The quantitative estimate of drug-likeness (QED) is 0.699. The van der Waals surface area contributed by atoms with Gasteiger partial charge in [-0.3, -0.25) is 0 Å². The number of benzene rings is 2. The van der Waals surface area contributed by atoms with Crippen LogP contribution in [0.15, 0.2) is 54.6 Å². The number of hydrogen-bond donors (Lipinski definition) is 0. The maximum Gasteiger partial charge on any atom is 0.0751 e. The molecular weight excluding hydrogens is 294 g/mol. The number of rotatable bonds is 7. The first-order valence-corrected chi connectivity index (χ1v) is 8.17. The second-order valence-electron chi connectivity index (χ2n) is 5.51. The third kappa shape index (κ3) is 4.49. The molecule has 0 bridgehead atoms. The Bertz CT molecular complexity index is 573. The molecule has 2 unspecified atom stereocenters. The molecule has 118 valence electrons. The third-order valence-corrected chi connectivity index (χ3v) is 4.24. The highest BCUT2D eigenvalue weighted by Crippen LogP contribution is 2.23. The number of nitrogens with zero attached hydrogens (tertiary/aromatic N) is 1. The Labute approximate surface area is 138 Å².